The maximum Gasteiger partial charge on any atom is 0.224 e. The molecular weight excluding hydrogens is 158 g/mol. The van der Waals surface area contributed by atoms with Gasteiger partial charge >= 0.3 is 0 Å². The fourth-order valence-corrected chi connectivity index (χ4v) is 1.07. The molecule has 68 valence electrons. The van der Waals surface area contributed by atoms with Gasteiger partial charge in [0, 0.05) is 19.4 Å². The fraction of sp³-hybridized carbons (Fsp3) is 0.750. The van der Waals surface area contributed by atoms with Crippen LogP contribution in [0.3, 0.4) is 0 Å². The minimum Gasteiger partial charge on any atom is -0.392 e. The average molecular weight is 171 g/mol. The summed E-state index contributed by atoms with van der Waals surface area (Å²) in [4.78, 5) is 21.6. The number of hydrogen-bond donors (Lipinski definition) is 2. The molecule has 12 heavy (non-hydrogen) atoms. The average Bonchev–Trinajstić information content (AvgIpc) is 1.94. The van der Waals surface area contributed by atoms with Crippen molar-refractivity contribution in [3.63, 3.8) is 0 Å². The second-order valence-corrected chi connectivity index (χ2v) is 3.24. The van der Waals surface area contributed by atoms with E-state index in [2.05, 4.69) is 5.32 Å². The van der Waals surface area contributed by atoms with Gasteiger partial charge in [0.1, 0.15) is 5.78 Å². The third-order valence-electron chi connectivity index (χ3n) is 1.89. The summed E-state index contributed by atoms with van der Waals surface area (Å²) in [5, 5.41) is 11.4. The lowest BCUT2D eigenvalue weighted by Gasteiger charge is -2.23. The normalized spacial score (nSPS) is 20.0. The quantitative estimate of drug-likeness (QED) is 0.599. The van der Waals surface area contributed by atoms with Crippen LogP contribution in [0, 0.1) is 5.92 Å². The monoisotopic (exact) mass is 171 g/mol. The lowest BCUT2D eigenvalue weighted by molar-refractivity contribution is -0.138. The highest BCUT2D eigenvalue weighted by atomic mass is 16.3. The molecule has 1 aliphatic carbocycles. The zero-order valence-corrected chi connectivity index (χ0v) is 7.04. The molecule has 1 rings (SSSR count). The van der Waals surface area contributed by atoms with Gasteiger partial charge in [-0.15, -0.1) is 0 Å². The van der Waals surface area contributed by atoms with Crippen LogP contribution in [-0.2, 0) is 9.59 Å². The minimum absolute atomic E-state index is 0.115. The van der Waals surface area contributed by atoms with E-state index in [0.717, 1.165) is 0 Å². The van der Waals surface area contributed by atoms with Crippen LogP contribution in [0.2, 0.25) is 0 Å². The van der Waals surface area contributed by atoms with Crippen LogP contribution in [0.1, 0.15) is 19.8 Å². The molecule has 0 radical (unpaired) electrons. The Labute approximate surface area is 71.0 Å². The number of rotatable bonds is 3. The number of ketones is 1. The third-order valence-corrected chi connectivity index (χ3v) is 1.89. The van der Waals surface area contributed by atoms with E-state index in [1.54, 1.807) is 6.92 Å². The number of Topliss-reactive ketones (excluding diaryl/α,β-unsaturated/α-hetero) is 1. The lowest BCUT2D eigenvalue weighted by atomic mass is 9.83. The second kappa shape index (κ2) is 3.67. The van der Waals surface area contributed by atoms with Crippen LogP contribution in [-0.4, -0.2) is 29.4 Å². The molecule has 4 nitrogen and oxygen atoms in total. The van der Waals surface area contributed by atoms with Crippen molar-refractivity contribution in [3.8, 4) is 0 Å². The topological polar surface area (TPSA) is 66.4 Å². The summed E-state index contributed by atoms with van der Waals surface area (Å²) < 4.78 is 0. The van der Waals surface area contributed by atoms with E-state index < -0.39 is 6.10 Å². The predicted octanol–water partition coefficient (Wildman–Crippen LogP) is -0.537. The molecule has 2 N–H and O–H groups in total. The van der Waals surface area contributed by atoms with Gasteiger partial charge in [0.25, 0.3) is 0 Å². The summed E-state index contributed by atoms with van der Waals surface area (Å²) in [6.07, 6.45) is 0.210. The number of aliphatic hydroxyl groups is 1. The Morgan fingerprint density at radius 1 is 1.75 bits per heavy atom. The minimum atomic E-state index is -0.523. The summed E-state index contributed by atoms with van der Waals surface area (Å²) in [5.41, 5.74) is 0. The number of carbonyl (C=O) groups is 2. The van der Waals surface area contributed by atoms with Gasteiger partial charge in [-0.1, -0.05) is 0 Å². The Bertz CT molecular complexity index is 192. The maximum atomic E-state index is 11.1. The van der Waals surface area contributed by atoms with Crippen molar-refractivity contribution in [2.75, 3.05) is 6.54 Å². The van der Waals surface area contributed by atoms with Gasteiger partial charge in [0.2, 0.25) is 5.91 Å². The Hall–Kier alpha value is -0.900. The molecule has 0 aromatic heterocycles. The summed E-state index contributed by atoms with van der Waals surface area (Å²) >= 11 is 0. The number of aliphatic hydroxyl groups excluding tert-OH is 1. The van der Waals surface area contributed by atoms with Crippen molar-refractivity contribution in [2.24, 2.45) is 5.92 Å². The highest BCUT2D eigenvalue weighted by molar-refractivity contribution is 5.96. The molecule has 0 aliphatic heterocycles. The Kier molecular flexibility index (Phi) is 2.81. The fourth-order valence-electron chi connectivity index (χ4n) is 1.07. The molecule has 4 heteroatoms. The van der Waals surface area contributed by atoms with Crippen LogP contribution in [0.4, 0.5) is 0 Å². The van der Waals surface area contributed by atoms with Crippen LogP contribution in [0.5, 0.6) is 0 Å². The van der Waals surface area contributed by atoms with Crippen LogP contribution in [0.25, 0.3) is 0 Å². The number of carbonyl (C=O) groups excluding carboxylic acids is 2. The highest BCUT2D eigenvalue weighted by Gasteiger charge is 2.32. The molecule has 0 heterocycles. The van der Waals surface area contributed by atoms with Gasteiger partial charge in [-0.05, 0) is 6.92 Å². The summed E-state index contributed by atoms with van der Waals surface area (Å²) in [6, 6.07) is 0. The molecular formula is C8H13NO3. The molecule has 1 fully saturated rings. The van der Waals surface area contributed by atoms with E-state index >= 15 is 0 Å². The van der Waals surface area contributed by atoms with Gasteiger partial charge in [0.15, 0.2) is 0 Å². The van der Waals surface area contributed by atoms with E-state index in [1.165, 1.54) is 0 Å². The standard InChI is InChI=1S/C8H13NO3/c1-5(10)4-9-8(12)6-2-7(11)3-6/h5-6,10H,2-4H2,1H3,(H,9,12). The largest absolute Gasteiger partial charge is 0.392 e. The Morgan fingerprint density at radius 2 is 2.33 bits per heavy atom. The zero-order chi connectivity index (χ0) is 9.14. The molecule has 1 atom stereocenters. The van der Waals surface area contributed by atoms with E-state index in [0.29, 0.717) is 12.8 Å². The zero-order valence-electron chi connectivity index (χ0n) is 7.04. The van der Waals surface area contributed by atoms with Crippen LogP contribution >= 0.6 is 0 Å². The first-order valence-electron chi connectivity index (χ1n) is 4.07. The van der Waals surface area contributed by atoms with Crippen LogP contribution in [0.15, 0.2) is 0 Å². The summed E-state index contributed by atoms with van der Waals surface area (Å²) in [6.45, 7) is 1.87. The number of hydrogen-bond acceptors (Lipinski definition) is 3. The van der Waals surface area contributed by atoms with Gasteiger partial charge in [0.05, 0.1) is 12.0 Å². The molecule has 0 aromatic rings. The smallest absolute Gasteiger partial charge is 0.224 e. The van der Waals surface area contributed by atoms with Crippen molar-refractivity contribution in [3.05, 3.63) is 0 Å². The first kappa shape index (κ1) is 9.19. The van der Waals surface area contributed by atoms with E-state index in [9.17, 15) is 9.59 Å². The molecule has 1 amide bonds. The Morgan fingerprint density at radius 3 is 2.75 bits per heavy atom. The molecule has 1 unspecified atom stereocenters. The molecule has 0 saturated heterocycles. The molecule has 1 saturated carbocycles. The highest BCUT2D eigenvalue weighted by Crippen LogP contribution is 2.22. The molecule has 0 bridgehead atoms. The Balaban J connectivity index is 2.17. The van der Waals surface area contributed by atoms with E-state index in [4.69, 9.17) is 5.11 Å². The number of nitrogens with one attached hydrogen (secondary N) is 1. The van der Waals surface area contributed by atoms with E-state index in [1.807, 2.05) is 0 Å². The SMILES string of the molecule is CC(O)CNC(=O)C1CC(=O)C1. The molecule has 0 aromatic carbocycles. The van der Waals surface area contributed by atoms with Gasteiger partial charge < -0.3 is 10.4 Å². The summed E-state index contributed by atoms with van der Waals surface area (Å²) in [5.74, 6) is -0.112. The lowest BCUT2D eigenvalue weighted by Crippen LogP contribution is -2.41. The van der Waals surface area contributed by atoms with Gasteiger partial charge in [-0.3, -0.25) is 9.59 Å². The molecule has 1 aliphatic rings. The number of amides is 1. The van der Waals surface area contributed by atoms with Crippen molar-refractivity contribution in [1.29, 1.82) is 0 Å². The second-order valence-electron chi connectivity index (χ2n) is 3.24. The summed E-state index contributed by atoms with van der Waals surface area (Å²) in [7, 11) is 0. The van der Waals surface area contributed by atoms with Crippen molar-refractivity contribution >= 4 is 11.7 Å². The van der Waals surface area contributed by atoms with Crippen LogP contribution < -0.4 is 5.32 Å². The third kappa shape index (κ3) is 2.30. The van der Waals surface area contributed by atoms with Crippen molar-refractivity contribution in [1.82, 2.24) is 5.32 Å². The molecule has 0 spiro atoms. The maximum absolute atomic E-state index is 11.1. The van der Waals surface area contributed by atoms with E-state index in [-0.39, 0.29) is 24.2 Å². The first-order valence-corrected chi connectivity index (χ1v) is 4.07. The van der Waals surface area contributed by atoms with Crippen molar-refractivity contribution < 1.29 is 14.7 Å². The van der Waals surface area contributed by atoms with Gasteiger partial charge in [-0.25, -0.2) is 0 Å². The predicted molar refractivity (Wildman–Crippen MR) is 42.4 cm³/mol. The first-order chi connectivity index (χ1) is 5.59. The van der Waals surface area contributed by atoms with Gasteiger partial charge in [-0.2, -0.15) is 0 Å². The van der Waals surface area contributed by atoms with Crippen molar-refractivity contribution in [2.45, 2.75) is 25.9 Å².